The fraction of sp³-hybridized carbons (Fsp3) is 0.278. The zero-order chi connectivity index (χ0) is 18.1. The molecule has 25 heavy (non-hydrogen) atoms. The first-order chi connectivity index (χ1) is 11.9. The summed E-state index contributed by atoms with van der Waals surface area (Å²) in [6.07, 6.45) is 1.10. The molecule has 0 saturated carbocycles. The monoisotopic (exact) mass is 358 g/mol. The molecule has 130 valence electrons. The number of carboxylic acids is 1. The van der Waals surface area contributed by atoms with E-state index in [0.717, 1.165) is 15.2 Å². The standard InChI is InChI=1S/C18H18N2O4S/c1-10-9-24-13(8-15(21)22)16(10)18(23)20(3)11(2)17-19-12-6-4-5-7-14(12)25-17/h4-7,9,11H,8H2,1-3H3,(H,21,22). The number of nitrogens with zero attached hydrogens (tertiary/aromatic N) is 2. The number of fused-ring (bicyclic) bond motifs is 1. The Balaban J connectivity index is 1.89. The van der Waals surface area contributed by atoms with Crippen molar-refractivity contribution in [2.24, 2.45) is 0 Å². The van der Waals surface area contributed by atoms with E-state index in [2.05, 4.69) is 4.98 Å². The molecule has 6 nitrogen and oxygen atoms in total. The molecule has 1 unspecified atom stereocenters. The number of aliphatic carboxylic acids is 1. The van der Waals surface area contributed by atoms with Gasteiger partial charge in [0.2, 0.25) is 0 Å². The highest BCUT2D eigenvalue weighted by Crippen LogP contribution is 2.30. The minimum atomic E-state index is -1.04. The number of amides is 1. The number of rotatable bonds is 5. The topological polar surface area (TPSA) is 83.6 Å². The molecule has 0 radical (unpaired) electrons. The van der Waals surface area contributed by atoms with Crippen LogP contribution in [-0.4, -0.2) is 33.9 Å². The van der Waals surface area contributed by atoms with E-state index in [1.165, 1.54) is 6.26 Å². The fourth-order valence-corrected chi connectivity index (χ4v) is 3.70. The largest absolute Gasteiger partial charge is 0.481 e. The second kappa shape index (κ2) is 6.68. The molecule has 0 aliphatic heterocycles. The van der Waals surface area contributed by atoms with Crippen molar-refractivity contribution in [2.75, 3.05) is 7.05 Å². The van der Waals surface area contributed by atoms with Crippen molar-refractivity contribution >= 4 is 33.4 Å². The number of hydrogen-bond donors (Lipinski definition) is 1. The Bertz CT molecular complexity index is 911. The van der Waals surface area contributed by atoms with Crippen LogP contribution in [0.5, 0.6) is 0 Å². The van der Waals surface area contributed by atoms with Gasteiger partial charge in [0, 0.05) is 12.6 Å². The van der Waals surface area contributed by atoms with Crippen LogP contribution in [0.15, 0.2) is 34.9 Å². The molecule has 0 aliphatic carbocycles. The molecule has 3 aromatic rings. The Hall–Kier alpha value is -2.67. The van der Waals surface area contributed by atoms with Crippen LogP contribution in [0.2, 0.25) is 0 Å². The minimum absolute atomic E-state index is 0.179. The van der Waals surface area contributed by atoms with Gasteiger partial charge in [0.25, 0.3) is 5.91 Å². The maximum atomic E-state index is 12.9. The predicted molar refractivity (Wildman–Crippen MR) is 94.9 cm³/mol. The van der Waals surface area contributed by atoms with E-state index >= 15 is 0 Å². The van der Waals surface area contributed by atoms with Gasteiger partial charge < -0.3 is 14.4 Å². The lowest BCUT2D eigenvalue weighted by atomic mass is 10.1. The van der Waals surface area contributed by atoms with Crippen molar-refractivity contribution in [1.29, 1.82) is 0 Å². The molecule has 1 aromatic carbocycles. The highest BCUT2D eigenvalue weighted by Gasteiger charge is 2.27. The Labute approximate surface area is 148 Å². The highest BCUT2D eigenvalue weighted by molar-refractivity contribution is 7.18. The summed E-state index contributed by atoms with van der Waals surface area (Å²) in [6.45, 7) is 3.64. The first-order valence-electron chi connectivity index (χ1n) is 7.80. The predicted octanol–water partition coefficient (Wildman–Crippen LogP) is 3.66. The Morgan fingerprint density at radius 1 is 1.36 bits per heavy atom. The van der Waals surface area contributed by atoms with Gasteiger partial charge in [-0.25, -0.2) is 4.98 Å². The normalized spacial score (nSPS) is 12.3. The molecule has 2 aromatic heterocycles. The summed E-state index contributed by atoms with van der Waals surface area (Å²) >= 11 is 1.54. The van der Waals surface area contributed by atoms with Gasteiger partial charge in [-0.2, -0.15) is 0 Å². The molecule has 1 amide bonds. The molecule has 0 saturated heterocycles. The first-order valence-corrected chi connectivity index (χ1v) is 8.61. The summed E-state index contributed by atoms with van der Waals surface area (Å²) < 4.78 is 6.34. The van der Waals surface area contributed by atoms with E-state index in [0.29, 0.717) is 11.1 Å². The lowest BCUT2D eigenvalue weighted by molar-refractivity contribution is -0.136. The zero-order valence-electron chi connectivity index (χ0n) is 14.1. The third-order valence-electron chi connectivity index (χ3n) is 4.15. The number of hydrogen-bond acceptors (Lipinski definition) is 5. The van der Waals surface area contributed by atoms with E-state index in [1.54, 1.807) is 30.2 Å². The smallest absolute Gasteiger partial charge is 0.311 e. The van der Waals surface area contributed by atoms with Gasteiger partial charge in [-0.05, 0) is 26.0 Å². The van der Waals surface area contributed by atoms with Crippen molar-refractivity contribution in [3.05, 3.63) is 52.4 Å². The van der Waals surface area contributed by atoms with E-state index in [9.17, 15) is 9.59 Å². The third-order valence-corrected chi connectivity index (χ3v) is 5.35. The van der Waals surface area contributed by atoms with Gasteiger partial charge in [0.1, 0.15) is 17.2 Å². The second-order valence-electron chi connectivity index (χ2n) is 5.90. The number of benzene rings is 1. The van der Waals surface area contributed by atoms with Crippen LogP contribution in [0.25, 0.3) is 10.2 Å². The molecule has 2 heterocycles. The molecule has 0 aliphatic rings. The van der Waals surface area contributed by atoms with Crippen molar-refractivity contribution in [1.82, 2.24) is 9.88 Å². The van der Waals surface area contributed by atoms with Crippen LogP contribution < -0.4 is 0 Å². The number of para-hydroxylation sites is 1. The van der Waals surface area contributed by atoms with Gasteiger partial charge in [-0.3, -0.25) is 9.59 Å². The quantitative estimate of drug-likeness (QED) is 0.752. The fourth-order valence-electron chi connectivity index (χ4n) is 2.64. The summed E-state index contributed by atoms with van der Waals surface area (Å²) in [5, 5.41) is 9.83. The number of thiazole rings is 1. The molecule has 1 N–H and O–H groups in total. The number of aromatic nitrogens is 1. The molecule has 0 fully saturated rings. The van der Waals surface area contributed by atoms with Crippen LogP contribution in [-0.2, 0) is 11.2 Å². The van der Waals surface area contributed by atoms with Crippen molar-refractivity contribution in [3.8, 4) is 0 Å². The Kier molecular flexibility index (Phi) is 4.59. The molecule has 0 spiro atoms. The van der Waals surface area contributed by atoms with E-state index in [-0.39, 0.29) is 24.1 Å². The van der Waals surface area contributed by atoms with Crippen molar-refractivity contribution in [3.63, 3.8) is 0 Å². The first kappa shape index (κ1) is 17.2. The highest BCUT2D eigenvalue weighted by atomic mass is 32.1. The summed E-state index contributed by atoms with van der Waals surface area (Å²) in [5.41, 5.74) is 1.85. The van der Waals surface area contributed by atoms with Crippen LogP contribution in [0.4, 0.5) is 0 Å². The van der Waals surface area contributed by atoms with E-state index < -0.39 is 5.97 Å². The van der Waals surface area contributed by atoms with Crippen molar-refractivity contribution < 1.29 is 19.1 Å². The summed E-state index contributed by atoms with van der Waals surface area (Å²) in [6, 6.07) is 7.58. The molecule has 1 atom stereocenters. The average molecular weight is 358 g/mol. The Morgan fingerprint density at radius 2 is 2.08 bits per heavy atom. The molecule has 3 rings (SSSR count). The maximum Gasteiger partial charge on any atom is 0.311 e. The minimum Gasteiger partial charge on any atom is -0.481 e. The summed E-state index contributed by atoms with van der Waals surface area (Å²) in [5.74, 6) is -1.13. The van der Waals surface area contributed by atoms with Gasteiger partial charge in [0.15, 0.2) is 0 Å². The van der Waals surface area contributed by atoms with Gasteiger partial charge in [-0.1, -0.05) is 12.1 Å². The molecule has 0 bridgehead atoms. The van der Waals surface area contributed by atoms with E-state index in [1.807, 2.05) is 31.2 Å². The van der Waals surface area contributed by atoms with Gasteiger partial charge >= 0.3 is 5.97 Å². The van der Waals surface area contributed by atoms with Crippen LogP contribution in [0.3, 0.4) is 0 Å². The molecule has 7 heteroatoms. The lowest BCUT2D eigenvalue weighted by Gasteiger charge is -2.23. The number of carbonyl (C=O) groups excluding carboxylic acids is 1. The average Bonchev–Trinajstić information content (AvgIpc) is 3.16. The number of carbonyl (C=O) groups is 2. The summed E-state index contributed by atoms with van der Waals surface area (Å²) in [7, 11) is 1.69. The number of aryl methyl sites for hydroxylation is 1. The van der Waals surface area contributed by atoms with Crippen LogP contribution in [0, 0.1) is 6.92 Å². The molecular formula is C18H18N2O4S. The van der Waals surface area contributed by atoms with Gasteiger partial charge in [-0.15, -0.1) is 11.3 Å². The maximum absolute atomic E-state index is 12.9. The lowest BCUT2D eigenvalue weighted by Crippen LogP contribution is -2.30. The SMILES string of the molecule is Cc1coc(CC(=O)O)c1C(=O)N(C)C(C)c1nc2ccccc2s1. The Morgan fingerprint density at radius 3 is 2.76 bits per heavy atom. The zero-order valence-corrected chi connectivity index (χ0v) is 15.0. The van der Waals surface area contributed by atoms with Gasteiger partial charge in [0.05, 0.1) is 28.1 Å². The van der Waals surface area contributed by atoms with E-state index in [4.69, 9.17) is 9.52 Å². The van der Waals surface area contributed by atoms with Crippen molar-refractivity contribution in [2.45, 2.75) is 26.3 Å². The van der Waals surface area contributed by atoms with Crippen LogP contribution in [0.1, 0.15) is 39.7 Å². The van der Waals surface area contributed by atoms with Crippen LogP contribution >= 0.6 is 11.3 Å². The number of carboxylic acid groups (broad SMARTS) is 1. The second-order valence-corrected chi connectivity index (χ2v) is 6.96. The molecular weight excluding hydrogens is 340 g/mol. The number of furan rings is 1. The third kappa shape index (κ3) is 3.28. The summed E-state index contributed by atoms with van der Waals surface area (Å²) in [4.78, 5) is 30.1.